The van der Waals surface area contributed by atoms with Crippen LogP contribution in [0.5, 0.6) is 0 Å². The topological polar surface area (TPSA) is 181 Å². The summed E-state index contributed by atoms with van der Waals surface area (Å²) in [5.74, 6) is -0.186. The fraction of sp³-hybridized carbons (Fsp3) is 0.480. The van der Waals surface area contributed by atoms with Crippen LogP contribution in [0.1, 0.15) is 25.8 Å². The number of benzene rings is 2. The zero-order valence-corrected chi connectivity index (χ0v) is 23.9. The second-order valence-electron chi connectivity index (χ2n) is 9.77. The molecule has 3 atom stereocenters. The first kappa shape index (κ1) is 31.8. The average molecular weight is 600 g/mol. The lowest BCUT2D eigenvalue weighted by Gasteiger charge is -2.33. The lowest BCUT2D eigenvalue weighted by Crippen LogP contribution is -2.52. The van der Waals surface area contributed by atoms with Crippen LogP contribution in [-0.2, 0) is 35.0 Å². The monoisotopic (exact) mass is 599 g/mol. The number of phosphoric ester groups is 1. The van der Waals surface area contributed by atoms with E-state index in [1.165, 1.54) is 24.3 Å². The summed E-state index contributed by atoms with van der Waals surface area (Å²) in [6.45, 7) is 3.67. The molecule has 0 saturated carbocycles. The van der Waals surface area contributed by atoms with Gasteiger partial charge in [-0.2, -0.15) is 4.31 Å². The van der Waals surface area contributed by atoms with Crippen molar-refractivity contribution in [2.45, 2.75) is 49.8 Å². The Morgan fingerprint density at radius 2 is 1.82 bits per heavy atom. The summed E-state index contributed by atoms with van der Waals surface area (Å²) >= 11 is 0. The van der Waals surface area contributed by atoms with Crippen molar-refractivity contribution in [1.82, 2.24) is 9.62 Å². The third kappa shape index (κ3) is 9.73. The molecule has 1 heterocycles. The van der Waals surface area contributed by atoms with Crippen molar-refractivity contribution >= 4 is 29.6 Å². The maximum absolute atomic E-state index is 13.6. The van der Waals surface area contributed by atoms with E-state index < -0.39 is 48.7 Å². The quantitative estimate of drug-likeness (QED) is 0.215. The lowest BCUT2D eigenvalue weighted by atomic mass is 10.0. The van der Waals surface area contributed by atoms with Gasteiger partial charge >= 0.3 is 13.9 Å². The number of amides is 1. The first-order chi connectivity index (χ1) is 18.9. The number of nitroso groups, excluding NO2 is 1. The van der Waals surface area contributed by atoms with Gasteiger partial charge in [-0.05, 0) is 47.3 Å². The Kier molecular flexibility index (Phi) is 11.3. The maximum Gasteiger partial charge on any atom is 0.469 e. The number of rotatable bonds is 14. The first-order valence-electron chi connectivity index (χ1n) is 12.6. The van der Waals surface area contributed by atoms with Gasteiger partial charge in [0.25, 0.3) is 0 Å². The van der Waals surface area contributed by atoms with Crippen LogP contribution in [0.3, 0.4) is 0 Å². The molecule has 40 heavy (non-hydrogen) atoms. The highest BCUT2D eigenvalue weighted by molar-refractivity contribution is 7.89. The Bertz CT molecular complexity index is 1270. The van der Waals surface area contributed by atoms with Crippen LogP contribution in [0.4, 0.5) is 10.5 Å². The van der Waals surface area contributed by atoms with Crippen LogP contribution < -0.4 is 5.32 Å². The Hall–Kier alpha value is -2.71. The Balaban J connectivity index is 1.97. The zero-order chi connectivity index (χ0) is 29.3. The number of nitrogens with one attached hydrogen (secondary N) is 1. The van der Waals surface area contributed by atoms with Gasteiger partial charge in [-0.25, -0.2) is 17.8 Å². The minimum absolute atomic E-state index is 0.0288. The molecular formula is C25H34N3O10PS. The van der Waals surface area contributed by atoms with Crippen LogP contribution in [0, 0.1) is 10.8 Å². The van der Waals surface area contributed by atoms with E-state index >= 15 is 0 Å². The number of alkyl carbamates (subject to hydrolysis) is 1. The minimum Gasteiger partial charge on any atom is -0.444 e. The van der Waals surface area contributed by atoms with Gasteiger partial charge < -0.3 is 24.6 Å². The molecule has 1 fully saturated rings. The number of phosphoric acid groups is 1. The fourth-order valence-electron chi connectivity index (χ4n) is 4.20. The largest absolute Gasteiger partial charge is 0.469 e. The number of nitrogens with zero attached hydrogens (tertiary/aromatic N) is 2. The summed E-state index contributed by atoms with van der Waals surface area (Å²) < 4.78 is 56.1. The number of hydrogen-bond donors (Lipinski definition) is 3. The highest BCUT2D eigenvalue weighted by Gasteiger charge is 2.37. The third-order valence-electron chi connectivity index (χ3n) is 6.02. The van der Waals surface area contributed by atoms with Crippen molar-refractivity contribution in [2.75, 3.05) is 26.3 Å². The third-order valence-corrected chi connectivity index (χ3v) is 8.41. The van der Waals surface area contributed by atoms with Crippen molar-refractivity contribution < 1.29 is 41.6 Å². The molecule has 3 N–H and O–H groups in total. The van der Waals surface area contributed by atoms with Crippen molar-refractivity contribution in [3.63, 3.8) is 0 Å². The molecule has 0 radical (unpaired) electrons. The average Bonchev–Trinajstić information content (AvgIpc) is 3.40. The number of carbonyl (C=O) groups is 1. The normalized spacial score (nSPS) is 17.5. The zero-order valence-electron chi connectivity index (χ0n) is 22.2. The molecule has 1 aliphatic heterocycles. The highest BCUT2D eigenvalue weighted by Crippen LogP contribution is 2.39. The minimum atomic E-state index is -5.16. The van der Waals surface area contributed by atoms with Gasteiger partial charge in [-0.1, -0.05) is 44.2 Å². The van der Waals surface area contributed by atoms with Gasteiger partial charge in [-0.15, -0.1) is 4.91 Å². The molecule has 2 aromatic carbocycles. The summed E-state index contributed by atoms with van der Waals surface area (Å²) in [5, 5.41) is 5.40. The van der Waals surface area contributed by atoms with Gasteiger partial charge in [0.2, 0.25) is 10.0 Å². The van der Waals surface area contributed by atoms with Gasteiger partial charge in [0.05, 0.1) is 24.2 Å². The van der Waals surface area contributed by atoms with E-state index in [1.54, 1.807) is 44.2 Å². The Morgan fingerprint density at radius 1 is 1.15 bits per heavy atom. The molecular weight excluding hydrogens is 565 g/mol. The van der Waals surface area contributed by atoms with Crippen molar-refractivity contribution in [1.29, 1.82) is 0 Å². The Labute approximate surface area is 233 Å². The van der Waals surface area contributed by atoms with E-state index in [0.717, 1.165) is 4.31 Å². The number of ether oxygens (including phenoxy) is 2. The van der Waals surface area contributed by atoms with E-state index in [-0.39, 0.29) is 36.1 Å². The van der Waals surface area contributed by atoms with E-state index in [9.17, 15) is 32.5 Å². The molecule has 2 aromatic rings. The molecule has 3 rings (SSSR count). The van der Waals surface area contributed by atoms with E-state index in [4.69, 9.17) is 14.0 Å². The first-order valence-corrected chi connectivity index (χ1v) is 15.6. The molecule has 0 unspecified atom stereocenters. The molecule has 1 amide bonds. The predicted octanol–water partition coefficient (Wildman–Crippen LogP) is 3.34. The van der Waals surface area contributed by atoms with Crippen LogP contribution in [0.25, 0.3) is 0 Å². The van der Waals surface area contributed by atoms with Crippen molar-refractivity contribution in [2.24, 2.45) is 11.1 Å². The molecule has 0 bridgehead atoms. The highest BCUT2D eigenvalue weighted by atomic mass is 32.2. The van der Waals surface area contributed by atoms with Crippen LogP contribution in [-0.4, -0.2) is 73.2 Å². The molecule has 1 aliphatic rings. The fourth-order valence-corrected chi connectivity index (χ4v) is 6.39. The van der Waals surface area contributed by atoms with Crippen molar-refractivity contribution in [3.8, 4) is 0 Å². The Morgan fingerprint density at radius 3 is 2.38 bits per heavy atom. The summed E-state index contributed by atoms with van der Waals surface area (Å²) in [6.07, 6.45) is -2.28. The summed E-state index contributed by atoms with van der Waals surface area (Å²) in [5.41, 5.74) is 0.738. The molecule has 220 valence electrons. The van der Waals surface area contributed by atoms with Gasteiger partial charge in [0.15, 0.2) is 0 Å². The summed E-state index contributed by atoms with van der Waals surface area (Å²) in [4.78, 5) is 43.0. The smallest absolute Gasteiger partial charge is 0.444 e. The summed E-state index contributed by atoms with van der Waals surface area (Å²) in [7, 11) is -9.39. The second kappa shape index (κ2) is 14.3. The van der Waals surface area contributed by atoms with Crippen molar-refractivity contribution in [3.05, 3.63) is 65.1 Å². The lowest BCUT2D eigenvalue weighted by molar-refractivity contribution is 0.0601. The SMILES string of the molecule is CC(C)CN(C[C@@H](OP(=O)(O)O)[C@H](Cc1ccccc1)NC(=O)O[C@H]1CCOC1)S(=O)(=O)c1ccc(N=O)cc1. The van der Waals surface area contributed by atoms with E-state index in [1.807, 2.05) is 0 Å². The van der Waals surface area contributed by atoms with Crippen LogP contribution in [0.15, 0.2) is 64.7 Å². The predicted molar refractivity (Wildman–Crippen MR) is 145 cm³/mol. The molecule has 1 saturated heterocycles. The molecule has 0 aliphatic carbocycles. The number of carbonyl (C=O) groups excluding carboxylic acids is 1. The molecule has 0 spiro atoms. The van der Waals surface area contributed by atoms with E-state index in [2.05, 4.69) is 10.5 Å². The molecule has 15 heteroatoms. The maximum atomic E-state index is 13.6. The molecule has 13 nitrogen and oxygen atoms in total. The number of hydrogen-bond acceptors (Lipinski definition) is 9. The van der Waals surface area contributed by atoms with Gasteiger partial charge in [0.1, 0.15) is 17.9 Å². The van der Waals surface area contributed by atoms with E-state index in [0.29, 0.717) is 18.6 Å². The van der Waals surface area contributed by atoms with Gasteiger partial charge in [-0.3, -0.25) is 4.52 Å². The number of sulfonamides is 1. The summed E-state index contributed by atoms with van der Waals surface area (Å²) in [6, 6.07) is 12.6. The second-order valence-corrected chi connectivity index (χ2v) is 12.9. The molecule has 0 aromatic heterocycles. The van der Waals surface area contributed by atoms with Crippen LogP contribution in [0.2, 0.25) is 0 Å². The van der Waals surface area contributed by atoms with Crippen LogP contribution >= 0.6 is 7.82 Å². The standard InChI is InChI=1S/C25H34N3O10PS/c1-18(2)15-28(40(34,35)22-10-8-20(27-30)9-11-22)16-24(38-39(31,32)33)23(14-19-6-4-3-5-7-19)26-25(29)37-21-12-13-36-17-21/h3-11,18,21,23-24H,12-17H2,1-2H3,(H,26,29)(H2,31,32,33)/t21-,23-,24+/m0/s1. The van der Waals surface area contributed by atoms with Gasteiger partial charge in [0, 0.05) is 19.5 Å².